The second-order valence-electron chi connectivity index (χ2n) is 6.75. The van der Waals surface area contributed by atoms with E-state index in [1.807, 2.05) is 13.8 Å². The van der Waals surface area contributed by atoms with Gasteiger partial charge >= 0.3 is 0 Å². The van der Waals surface area contributed by atoms with E-state index in [1.165, 1.54) is 0 Å². The molecule has 2 N–H and O–H groups in total. The van der Waals surface area contributed by atoms with Crippen LogP contribution in [-0.2, 0) is 14.4 Å². The molecule has 4 heteroatoms. The van der Waals surface area contributed by atoms with Gasteiger partial charge in [-0.05, 0) is 33.6 Å². The van der Waals surface area contributed by atoms with E-state index in [1.54, 1.807) is 27.7 Å². The zero-order valence-electron chi connectivity index (χ0n) is 12.7. The first-order chi connectivity index (χ1) is 8.49. The van der Waals surface area contributed by atoms with Crippen LogP contribution in [0.15, 0.2) is 0 Å². The maximum Gasteiger partial charge on any atom is 0.158 e. The van der Waals surface area contributed by atoms with Gasteiger partial charge in [-0.2, -0.15) is 0 Å². The number of ketones is 3. The molecule has 0 bridgehead atoms. The smallest absolute Gasteiger partial charge is 0.158 e. The summed E-state index contributed by atoms with van der Waals surface area (Å²) in [6, 6.07) is -0.517. The molecule has 1 saturated carbocycles. The molecule has 0 amide bonds. The van der Waals surface area contributed by atoms with Crippen LogP contribution in [0.1, 0.15) is 48.0 Å². The SMILES string of the molecule is CCC(C)C(N)C1C(=O)C(C)(C)C(=O)C(C)(C)C1=O. The zero-order chi connectivity index (χ0) is 15.2. The van der Waals surface area contributed by atoms with E-state index in [9.17, 15) is 14.4 Å². The van der Waals surface area contributed by atoms with E-state index in [0.29, 0.717) is 0 Å². The molecule has 0 aromatic heterocycles. The highest BCUT2D eigenvalue weighted by molar-refractivity contribution is 6.28. The summed E-state index contributed by atoms with van der Waals surface area (Å²) in [5, 5.41) is 0. The van der Waals surface area contributed by atoms with Crippen LogP contribution in [0.4, 0.5) is 0 Å². The highest BCUT2D eigenvalue weighted by Crippen LogP contribution is 2.42. The second kappa shape index (κ2) is 4.82. The number of rotatable bonds is 3. The molecule has 108 valence electrons. The van der Waals surface area contributed by atoms with Crippen LogP contribution in [0.2, 0.25) is 0 Å². The number of Topliss-reactive ketones (excluding diaryl/α,β-unsaturated/α-hetero) is 3. The minimum Gasteiger partial charge on any atom is -0.326 e. The number of carbonyl (C=O) groups excluding carboxylic acids is 3. The van der Waals surface area contributed by atoms with Crippen molar-refractivity contribution in [2.24, 2.45) is 28.4 Å². The predicted molar refractivity (Wildman–Crippen MR) is 73.5 cm³/mol. The molecule has 4 nitrogen and oxygen atoms in total. The monoisotopic (exact) mass is 267 g/mol. The minimum absolute atomic E-state index is 0.0673. The van der Waals surface area contributed by atoms with Crippen molar-refractivity contribution in [3.8, 4) is 0 Å². The van der Waals surface area contributed by atoms with Crippen LogP contribution in [0.5, 0.6) is 0 Å². The van der Waals surface area contributed by atoms with E-state index in [4.69, 9.17) is 5.73 Å². The van der Waals surface area contributed by atoms with Crippen molar-refractivity contribution >= 4 is 17.3 Å². The lowest BCUT2D eigenvalue weighted by atomic mass is 9.56. The molecule has 1 fully saturated rings. The first-order valence-electron chi connectivity index (χ1n) is 6.88. The maximum absolute atomic E-state index is 12.5. The average Bonchev–Trinajstić information content (AvgIpc) is 2.34. The third kappa shape index (κ3) is 2.27. The van der Waals surface area contributed by atoms with Crippen molar-refractivity contribution in [2.45, 2.75) is 54.0 Å². The van der Waals surface area contributed by atoms with Crippen molar-refractivity contribution in [1.82, 2.24) is 0 Å². The Kier molecular flexibility index (Phi) is 4.06. The summed E-state index contributed by atoms with van der Waals surface area (Å²) in [5.41, 5.74) is 3.85. The average molecular weight is 267 g/mol. The molecule has 1 rings (SSSR count). The Hall–Kier alpha value is -1.03. The lowest BCUT2D eigenvalue weighted by molar-refractivity contribution is -0.161. The summed E-state index contributed by atoms with van der Waals surface area (Å²) in [6.45, 7) is 10.3. The molecule has 0 heterocycles. The van der Waals surface area contributed by atoms with Gasteiger partial charge in [-0.1, -0.05) is 20.3 Å². The number of hydrogen-bond acceptors (Lipinski definition) is 4. The predicted octanol–water partition coefficient (Wildman–Crippen LogP) is 1.75. The van der Waals surface area contributed by atoms with Crippen molar-refractivity contribution in [1.29, 1.82) is 0 Å². The van der Waals surface area contributed by atoms with Gasteiger partial charge in [0.25, 0.3) is 0 Å². The third-order valence-electron chi connectivity index (χ3n) is 4.62. The van der Waals surface area contributed by atoms with Crippen LogP contribution in [0.3, 0.4) is 0 Å². The van der Waals surface area contributed by atoms with Gasteiger partial charge < -0.3 is 5.73 Å². The number of carbonyl (C=O) groups is 3. The molecule has 0 spiro atoms. The van der Waals surface area contributed by atoms with Crippen LogP contribution < -0.4 is 5.73 Å². The van der Waals surface area contributed by atoms with Crippen molar-refractivity contribution < 1.29 is 14.4 Å². The van der Waals surface area contributed by atoms with E-state index in [2.05, 4.69) is 0 Å². The Morgan fingerprint density at radius 2 is 1.42 bits per heavy atom. The molecule has 2 atom stereocenters. The van der Waals surface area contributed by atoms with Gasteiger partial charge in [-0.25, -0.2) is 0 Å². The Morgan fingerprint density at radius 1 is 1.05 bits per heavy atom. The van der Waals surface area contributed by atoms with E-state index >= 15 is 0 Å². The van der Waals surface area contributed by atoms with Gasteiger partial charge in [0, 0.05) is 6.04 Å². The lowest BCUT2D eigenvalue weighted by Gasteiger charge is -2.43. The van der Waals surface area contributed by atoms with Crippen LogP contribution in [0.25, 0.3) is 0 Å². The fraction of sp³-hybridized carbons (Fsp3) is 0.800. The standard InChI is InChI=1S/C15H25NO3/c1-7-8(2)10(16)9-11(17)14(3,4)13(19)15(5,6)12(9)18/h8-10H,7,16H2,1-6H3. The zero-order valence-corrected chi connectivity index (χ0v) is 12.7. The molecule has 1 aliphatic carbocycles. The molecule has 0 aromatic carbocycles. The summed E-state index contributed by atoms with van der Waals surface area (Å²) in [4.78, 5) is 37.3. The van der Waals surface area contributed by atoms with Crippen molar-refractivity contribution in [3.63, 3.8) is 0 Å². The fourth-order valence-corrected chi connectivity index (χ4v) is 2.85. The first-order valence-corrected chi connectivity index (χ1v) is 6.88. The Bertz CT molecular complexity index is 393. The molecule has 0 radical (unpaired) electrons. The maximum atomic E-state index is 12.5. The minimum atomic E-state index is -1.13. The highest BCUT2D eigenvalue weighted by Gasteiger charge is 2.59. The van der Waals surface area contributed by atoms with Crippen LogP contribution >= 0.6 is 0 Å². The Morgan fingerprint density at radius 3 is 1.74 bits per heavy atom. The van der Waals surface area contributed by atoms with Crippen LogP contribution in [0, 0.1) is 22.7 Å². The van der Waals surface area contributed by atoms with Gasteiger partial charge in [0.05, 0.1) is 16.7 Å². The third-order valence-corrected chi connectivity index (χ3v) is 4.62. The largest absolute Gasteiger partial charge is 0.326 e. The van der Waals surface area contributed by atoms with Gasteiger partial charge in [-0.3, -0.25) is 14.4 Å². The fourth-order valence-electron chi connectivity index (χ4n) is 2.85. The second-order valence-corrected chi connectivity index (χ2v) is 6.75. The molecule has 19 heavy (non-hydrogen) atoms. The quantitative estimate of drug-likeness (QED) is 0.790. The molecule has 0 saturated heterocycles. The molecule has 0 aromatic rings. The van der Waals surface area contributed by atoms with Crippen molar-refractivity contribution in [2.75, 3.05) is 0 Å². The van der Waals surface area contributed by atoms with E-state index in [-0.39, 0.29) is 23.3 Å². The Labute approximate surface area is 115 Å². The normalized spacial score (nSPS) is 26.4. The van der Waals surface area contributed by atoms with Gasteiger partial charge in [-0.15, -0.1) is 0 Å². The lowest BCUT2D eigenvalue weighted by Crippen LogP contribution is -2.62. The summed E-state index contributed by atoms with van der Waals surface area (Å²) >= 11 is 0. The van der Waals surface area contributed by atoms with Gasteiger partial charge in [0.15, 0.2) is 17.3 Å². The van der Waals surface area contributed by atoms with Crippen LogP contribution in [-0.4, -0.2) is 23.4 Å². The molecule has 1 aliphatic rings. The summed E-state index contributed by atoms with van der Waals surface area (Å²) < 4.78 is 0. The molecule has 0 aliphatic heterocycles. The highest BCUT2D eigenvalue weighted by atomic mass is 16.2. The summed E-state index contributed by atoms with van der Waals surface area (Å²) in [7, 11) is 0. The molecular weight excluding hydrogens is 242 g/mol. The van der Waals surface area contributed by atoms with Gasteiger partial charge in [0.2, 0.25) is 0 Å². The summed E-state index contributed by atoms with van der Waals surface area (Å²) in [5.74, 6) is -1.75. The van der Waals surface area contributed by atoms with E-state index < -0.39 is 22.8 Å². The van der Waals surface area contributed by atoms with Crippen molar-refractivity contribution in [3.05, 3.63) is 0 Å². The summed E-state index contributed by atoms with van der Waals surface area (Å²) in [6.07, 6.45) is 0.799. The number of hydrogen-bond donors (Lipinski definition) is 1. The first kappa shape index (κ1) is 16.0. The number of nitrogens with two attached hydrogens (primary N) is 1. The molecular formula is C15H25NO3. The topological polar surface area (TPSA) is 77.2 Å². The van der Waals surface area contributed by atoms with E-state index in [0.717, 1.165) is 6.42 Å². The van der Waals surface area contributed by atoms with Gasteiger partial charge in [0.1, 0.15) is 0 Å². The molecule has 2 unspecified atom stereocenters. The Balaban J connectivity index is 3.29.